The summed E-state index contributed by atoms with van der Waals surface area (Å²) in [5.74, 6) is 0. The number of nitrogen functional groups attached to an aromatic ring is 1. The molecule has 4 heteroatoms. The Kier molecular flexibility index (Phi) is 3.75. The second-order valence-corrected chi connectivity index (χ2v) is 6.37. The molecule has 0 radical (unpaired) electrons. The van der Waals surface area contributed by atoms with Crippen LogP contribution in [-0.2, 0) is 0 Å². The number of anilines is 1. The van der Waals surface area contributed by atoms with Crippen LogP contribution in [0, 0.1) is 0 Å². The topological polar surface area (TPSA) is 51.8 Å². The van der Waals surface area contributed by atoms with Gasteiger partial charge in [0.15, 0.2) is 0 Å². The second kappa shape index (κ2) is 6.06. The van der Waals surface area contributed by atoms with Crippen LogP contribution >= 0.6 is 15.9 Å². The molecule has 0 saturated heterocycles. The first kappa shape index (κ1) is 14.8. The van der Waals surface area contributed by atoms with Crippen molar-refractivity contribution in [2.45, 2.75) is 0 Å². The molecule has 0 spiro atoms. The zero-order chi connectivity index (χ0) is 16.5. The van der Waals surface area contributed by atoms with Crippen LogP contribution < -0.4 is 5.73 Å². The molecule has 24 heavy (non-hydrogen) atoms. The van der Waals surface area contributed by atoms with E-state index in [1.165, 1.54) is 0 Å². The van der Waals surface area contributed by atoms with Crippen molar-refractivity contribution in [2.75, 3.05) is 5.73 Å². The minimum atomic E-state index is 0.656. The molecule has 3 nitrogen and oxygen atoms in total. The van der Waals surface area contributed by atoms with Gasteiger partial charge in [-0.15, -0.1) is 0 Å². The lowest BCUT2D eigenvalue weighted by Crippen LogP contribution is -1.97. The monoisotopic (exact) mass is 375 g/mol. The van der Waals surface area contributed by atoms with Crippen molar-refractivity contribution >= 4 is 32.7 Å². The van der Waals surface area contributed by atoms with Crippen molar-refractivity contribution in [1.29, 1.82) is 0 Å². The summed E-state index contributed by atoms with van der Waals surface area (Å²) in [7, 11) is 0. The molecule has 0 aliphatic carbocycles. The minimum Gasteiger partial charge on any atom is -0.398 e. The molecule has 4 aromatic rings. The number of fused-ring (bicyclic) bond motifs is 1. The van der Waals surface area contributed by atoms with Crippen molar-refractivity contribution in [3.05, 3.63) is 77.3 Å². The lowest BCUT2D eigenvalue weighted by Gasteiger charge is -2.11. The highest BCUT2D eigenvalue weighted by Crippen LogP contribution is 2.32. The van der Waals surface area contributed by atoms with Crippen molar-refractivity contribution in [3.8, 4) is 22.5 Å². The molecule has 0 fully saturated rings. The number of nitrogens with two attached hydrogens (primary N) is 1. The standard InChI is InChI=1S/C20H14BrN3/c21-15-11-17-18(12-16(15)22)24-20(14-9-5-2-6-10-14)19(23-17)13-7-3-1-4-8-13/h1-12H,22H2. The number of nitrogens with zero attached hydrogens (tertiary/aromatic N) is 2. The SMILES string of the molecule is Nc1cc2nc(-c3ccccc3)c(-c3ccccc3)nc2cc1Br. The van der Waals surface area contributed by atoms with E-state index in [1.807, 2.05) is 60.7 Å². The van der Waals surface area contributed by atoms with Gasteiger partial charge in [0, 0.05) is 21.3 Å². The Labute approximate surface area is 148 Å². The first-order valence-electron chi connectivity index (χ1n) is 7.60. The number of hydrogen-bond donors (Lipinski definition) is 1. The van der Waals surface area contributed by atoms with Gasteiger partial charge in [0.2, 0.25) is 0 Å². The first-order valence-corrected chi connectivity index (χ1v) is 8.39. The summed E-state index contributed by atoms with van der Waals surface area (Å²) in [6.45, 7) is 0. The van der Waals surface area contributed by atoms with Gasteiger partial charge < -0.3 is 5.73 Å². The van der Waals surface area contributed by atoms with Crippen LogP contribution in [-0.4, -0.2) is 9.97 Å². The van der Waals surface area contributed by atoms with Crippen molar-refractivity contribution in [3.63, 3.8) is 0 Å². The van der Waals surface area contributed by atoms with Crippen LogP contribution in [0.3, 0.4) is 0 Å². The van der Waals surface area contributed by atoms with E-state index in [2.05, 4.69) is 28.1 Å². The zero-order valence-electron chi connectivity index (χ0n) is 12.8. The quantitative estimate of drug-likeness (QED) is 0.483. The molecule has 0 aliphatic rings. The third-order valence-corrected chi connectivity index (χ3v) is 4.56. The van der Waals surface area contributed by atoms with Gasteiger partial charge in [-0.3, -0.25) is 0 Å². The summed E-state index contributed by atoms with van der Waals surface area (Å²) in [6, 6.07) is 24.0. The fourth-order valence-electron chi connectivity index (χ4n) is 2.69. The summed E-state index contributed by atoms with van der Waals surface area (Å²) >= 11 is 3.47. The van der Waals surface area contributed by atoms with E-state index in [0.29, 0.717) is 5.69 Å². The fraction of sp³-hybridized carbons (Fsp3) is 0. The zero-order valence-corrected chi connectivity index (χ0v) is 14.4. The maximum Gasteiger partial charge on any atom is 0.0973 e. The van der Waals surface area contributed by atoms with Crippen molar-refractivity contribution in [2.24, 2.45) is 0 Å². The fourth-order valence-corrected chi connectivity index (χ4v) is 3.02. The smallest absolute Gasteiger partial charge is 0.0973 e. The maximum atomic E-state index is 6.01. The van der Waals surface area contributed by atoms with Gasteiger partial charge in [0.05, 0.1) is 22.4 Å². The molecular formula is C20H14BrN3. The lowest BCUT2D eigenvalue weighted by atomic mass is 10.0. The van der Waals surface area contributed by atoms with Crippen LogP contribution in [0.1, 0.15) is 0 Å². The van der Waals surface area contributed by atoms with Crippen LogP contribution in [0.5, 0.6) is 0 Å². The Bertz CT molecular complexity index is 931. The van der Waals surface area contributed by atoms with E-state index in [9.17, 15) is 0 Å². The highest BCUT2D eigenvalue weighted by molar-refractivity contribution is 9.10. The Hall–Kier alpha value is -2.72. The minimum absolute atomic E-state index is 0.656. The van der Waals surface area contributed by atoms with Gasteiger partial charge >= 0.3 is 0 Å². The Morgan fingerprint density at radius 2 is 1.12 bits per heavy atom. The summed E-state index contributed by atoms with van der Waals surface area (Å²) < 4.78 is 0.829. The molecule has 0 unspecified atom stereocenters. The molecule has 0 aliphatic heterocycles. The number of aromatic nitrogens is 2. The average Bonchev–Trinajstić information content (AvgIpc) is 2.63. The van der Waals surface area contributed by atoms with E-state index < -0.39 is 0 Å². The molecule has 1 aromatic heterocycles. The van der Waals surface area contributed by atoms with Gasteiger partial charge in [0.1, 0.15) is 0 Å². The molecule has 0 saturated carbocycles. The van der Waals surface area contributed by atoms with Crippen LogP contribution in [0.15, 0.2) is 77.3 Å². The molecule has 2 N–H and O–H groups in total. The van der Waals surface area contributed by atoms with Crippen molar-refractivity contribution < 1.29 is 0 Å². The Morgan fingerprint density at radius 3 is 1.62 bits per heavy atom. The van der Waals surface area contributed by atoms with Crippen LogP contribution in [0.2, 0.25) is 0 Å². The summed E-state index contributed by atoms with van der Waals surface area (Å²) in [5.41, 5.74) is 12.1. The van der Waals surface area contributed by atoms with E-state index in [0.717, 1.165) is 38.0 Å². The molecule has 0 amide bonds. The highest BCUT2D eigenvalue weighted by Gasteiger charge is 2.13. The summed E-state index contributed by atoms with van der Waals surface area (Å²) in [6.07, 6.45) is 0. The normalized spacial score (nSPS) is 10.9. The second-order valence-electron chi connectivity index (χ2n) is 5.52. The lowest BCUT2D eigenvalue weighted by molar-refractivity contribution is 1.29. The highest BCUT2D eigenvalue weighted by atomic mass is 79.9. The predicted octanol–water partition coefficient (Wildman–Crippen LogP) is 5.31. The number of rotatable bonds is 2. The number of halogens is 1. The molecule has 4 rings (SSSR count). The molecule has 1 heterocycles. The van der Waals surface area contributed by atoms with Gasteiger partial charge in [-0.2, -0.15) is 0 Å². The molecule has 3 aromatic carbocycles. The largest absolute Gasteiger partial charge is 0.398 e. The Morgan fingerprint density at radius 1 is 0.667 bits per heavy atom. The van der Waals surface area contributed by atoms with Gasteiger partial charge in [-0.05, 0) is 28.1 Å². The third kappa shape index (κ3) is 2.65. The van der Waals surface area contributed by atoms with Crippen molar-refractivity contribution in [1.82, 2.24) is 9.97 Å². The predicted molar refractivity (Wildman–Crippen MR) is 103 cm³/mol. The van der Waals surface area contributed by atoms with E-state index >= 15 is 0 Å². The number of benzene rings is 3. The Balaban J connectivity index is 2.06. The maximum absolute atomic E-state index is 6.01. The molecule has 0 bridgehead atoms. The van der Waals surface area contributed by atoms with Gasteiger partial charge in [-0.25, -0.2) is 9.97 Å². The van der Waals surface area contributed by atoms with E-state index in [4.69, 9.17) is 15.7 Å². The first-order chi connectivity index (χ1) is 11.7. The molecular weight excluding hydrogens is 362 g/mol. The molecule has 116 valence electrons. The third-order valence-electron chi connectivity index (χ3n) is 3.88. The number of hydrogen-bond acceptors (Lipinski definition) is 3. The van der Waals surface area contributed by atoms with E-state index in [1.54, 1.807) is 0 Å². The van der Waals surface area contributed by atoms with Gasteiger partial charge in [0.25, 0.3) is 0 Å². The van der Waals surface area contributed by atoms with Crippen LogP contribution in [0.25, 0.3) is 33.5 Å². The van der Waals surface area contributed by atoms with E-state index in [-0.39, 0.29) is 0 Å². The molecule has 0 atom stereocenters. The van der Waals surface area contributed by atoms with Gasteiger partial charge in [-0.1, -0.05) is 60.7 Å². The summed E-state index contributed by atoms with van der Waals surface area (Å²) in [5, 5.41) is 0. The average molecular weight is 376 g/mol. The van der Waals surface area contributed by atoms with Crippen LogP contribution in [0.4, 0.5) is 5.69 Å². The summed E-state index contributed by atoms with van der Waals surface area (Å²) in [4.78, 5) is 9.74.